The Morgan fingerprint density at radius 3 is 2.44 bits per heavy atom. The van der Waals surface area contributed by atoms with Crippen molar-refractivity contribution in [2.45, 2.75) is 33.8 Å². The topological polar surface area (TPSA) is 85.6 Å². The molecule has 1 atom stereocenters. The van der Waals surface area contributed by atoms with Crippen molar-refractivity contribution in [1.29, 1.82) is 0 Å². The minimum absolute atomic E-state index is 0.0997. The lowest BCUT2D eigenvalue weighted by molar-refractivity contribution is -0.145. The molecule has 0 fully saturated rings. The molecule has 0 spiro atoms. The Morgan fingerprint density at radius 1 is 1.12 bits per heavy atom. The summed E-state index contributed by atoms with van der Waals surface area (Å²) < 4.78 is 10.0. The average Bonchev–Trinajstić information content (AvgIpc) is 3.10. The van der Waals surface area contributed by atoms with Crippen LogP contribution in [0.15, 0.2) is 34.9 Å². The van der Waals surface area contributed by atoms with Gasteiger partial charge in [-0.1, -0.05) is 6.07 Å². The van der Waals surface area contributed by atoms with Crippen LogP contribution in [0.3, 0.4) is 0 Å². The first-order valence-electron chi connectivity index (χ1n) is 7.93. The molecule has 25 heavy (non-hydrogen) atoms. The lowest BCUT2D eigenvalue weighted by Crippen LogP contribution is -2.34. The van der Waals surface area contributed by atoms with E-state index in [1.165, 1.54) is 19.3 Å². The van der Waals surface area contributed by atoms with E-state index in [1.807, 2.05) is 26.8 Å². The first-order valence-corrected chi connectivity index (χ1v) is 7.93. The van der Waals surface area contributed by atoms with E-state index < -0.39 is 18.0 Å². The molecule has 0 bridgehead atoms. The number of benzene rings is 1. The van der Waals surface area contributed by atoms with Crippen LogP contribution in [0.1, 0.15) is 44.5 Å². The van der Waals surface area contributed by atoms with Gasteiger partial charge in [-0.25, -0.2) is 0 Å². The normalized spacial score (nSPS) is 11.7. The predicted molar refractivity (Wildman–Crippen MR) is 91.6 cm³/mol. The van der Waals surface area contributed by atoms with Gasteiger partial charge in [0.15, 0.2) is 11.9 Å². The molecule has 1 heterocycles. The Morgan fingerprint density at radius 2 is 1.80 bits per heavy atom. The van der Waals surface area contributed by atoms with E-state index in [-0.39, 0.29) is 18.1 Å². The van der Waals surface area contributed by atoms with Gasteiger partial charge in [-0.2, -0.15) is 0 Å². The number of hydrogen-bond donors (Lipinski definition) is 1. The molecule has 0 aliphatic rings. The van der Waals surface area contributed by atoms with Gasteiger partial charge in [-0.3, -0.25) is 14.4 Å². The first-order chi connectivity index (χ1) is 11.8. The third kappa shape index (κ3) is 4.56. The third-order valence-corrected chi connectivity index (χ3v) is 3.92. The molecule has 2 rings (SSSR count). The van der Waals surface area contributed by atoms with Crippen molar-refractivity contribution in [3.63, 3.8) is 0 Å². The molecular weight excluding hydrogens is 322 g/mol. The van der Waals surface area contributed by atoms with Gasteiger partial charge in [0, 0.05) is 5.56 Å². The van der Waals surface area contributed by atoms with Gasteiger partial charge < -0.3 is 14.5 Å². The minimum Gasteiger partial charge on any atom is -0.459 e. The van der Waals surface area contributed by atoms with Crippen molar-refractivity contribution < 1.29 is 23.5 Å². The van der Waals surface area contributed by atoms with Gasteiger partial charge in [-0.05, 0) is 62.6 Å². The summed E-state index contributed by atoms with van der Waals surface area (Å²) in [5, 5.41) is 2.38. The average molecular weight is 343 g/mol. The maximum Gasteiger partial charge on any atom is 0.326 e. The van der Waals surface area contributed by atoms with E-state index in [2.05, 4.69) is 5.32 Å². The van der Waals surface area contributed by atoms with E-state index in [0.717, 1.165) is 16.7 Å². The Kier molecular flexibility index (Phi) is 5.75. The number of Topliss-reactive ketones (excluding diaryl/α,β-unsaturated/α-hetero) is 1. The van der Waals surface area contributed by atoms with Crippen LogP contribution in [0.25, 0.3) is 0 Å². The summed E-state index contributed by atoms with van der Waals surface area (Å²) in [5.74, 6) is -1.39. The fraction of sp³-hybridized carbons (Fsp3) is 0.316. The second-order valence-electron chi connectivity index (χ2n) is 5.91. The molecule has 1 N–H and O–H groups in total. The molecule has 0 aliphatic heterocycles. The van der Waals surface area contributed by atoms with Crippen LogP contribution >= 0.6 is 0 Å². The SMILES string of the molecule is Cc1cc(C)c(C(=O)C(C)OC(=O)CNC(=O)c2ccco2)cc1C. The Balaban J connectivity index is 1.93. The van der Waals surface area contributed by atoms with E-state index in [9.17, 15) is 14.4 Å². The number of esters is 1. The summed E-state index contributed by atoms with van der Waals surface area (Å²) in [4.78, 5) is 36.0. The highest BCUT2D eigenvalue weighted by molar-refractivity contribution is 6.01. The zero-order chi connectivity index (χ0) is 18.6. The molecular formula is C19H21NO5. The van der Waals surface area contributed by atoms with Gasteiger partial charge in [0.05, 0.1) is 6.26 Å². The largest absolute Gasteiger partial charge is 0.459 e. The van der Waals surface area contributed by atoms with Crippen molar-refractivity contribution in [3.05, 3.63) is 58.5 Å². The Labute approximate surface area is 146 Å². The molecule has 1 amide bonds. The lowest BCUT2D eigenvalue weighted by Gasteiger charge is -2.15. The summed E-state index contributed by atoms with van der Waals surface area (Å²) in [6, 6.07) is 6.78. The highest BCUT2D eigenvalue weighted by Gasteiger charge is 2.22. The van der Waals surface area contributed by atoms with Crippen molar-refractivity contribution >= 4 is 17.7 Å². The standard InChI is InChI=1S/C19H21NO5/c1-11-8-13(3)15(9-12(11)2)18(22)14(4)25-17(21)10-20-19(23)16-6-5-7-24-16/h5-9,14H,10H2,1-4H3,(H,20,23). The third-order valence-electron chi connectivity index (χ3n) is 3.92. The summed E-state index contributed by atoms with van der Waals surface area (Å²) in [6.45, 7) is 6.91. The van der Waals surface area contributed by atoms with E-state index in [0.29, 0.717) is 5.56 Å². The highest BCUT2D eigenvalue weighted by Crippen LogP contribution is 2.18. The smallest absolute Gasteiger partial charge is 0.326 e. The quantitative estimate of drug-likeness (QED) is 0.644. The van der Waals surface area contributed by atoms with Crippen molar-refractivity contribution in [2.75, 3.05) is 6.54 Å². The number of amides is 1. The van der Waals surface area contributed by atoms with Crippen LogP contribution in [0.5, 0.6) is 0 Å². The second-order valence-corrected chi connectivity index (χ2v) is 5.91. The minimum atomic E-state index is -0.936. The van der Waals surface area contributed by atoms with Crippen LogP contribution in [-0.4, -0.2) is 30.3 Å². The van der Waals surface area contributed by atoms with Gasteiger partial charge >= 0.3 is 5.97 Å². The monoisotopic (exact) mass is 343 g/mol. The summed E-state index contributed by atoms with van der Waals surface area (Å²) in [6.07, 6.45) is 0.425. The predicted octanol–water partition coefficient (Wildman–Crippen LogP) is 2.75. The fourth-order valence-electron chi connectivity index (χ4n) is 2.38. The van der Waals surface area contributed by atoms with Crippen LogP contribution in [0.2, 0.25) is 0 Å². The number of carbonyl (C=O) groups excluding carboxylic acids is 3. The number of nitrogens with one attached hydrogen (secondary N) is 1. The van der Waals surface area contributed by atoms with E-state index in [1.54, 1.807) is 12.1 Å². The number of ether oxygens (including phenoxy) is 1. The molecule has 0 saturated carbocycles. The number of furan rings is 1. The highest BCUT2D eigenvalue weighted by atomic mass is 16.5. The van der Waals surface area contributed by atoms with E-state index in [4.69, 9.17) is 9.15 Å². The van der Waals surface area contributed by atoms with Gasteiger partial charge in [0.1, 0.15) is 6.54 Å². The maximum absolute atomic E-state index is 12.5. The van der Waals surface area contributed by atoms with E-state index >= 15 is 0 Å². The summed E-state index contributed by atoms with van der Waals surface area (Å²) >= 11 is 0. The second kappa shape index (κ2) is 7.79. The molecule has 132 valence electrons. The van der Waals surface area contributed by atoms with Crippen molar-refractivity contribution in [3.8, 4) is 0 Å². The number of aryl methyl sites for hydroxylation is 3. The first kappa shape index (κ1) is 18.4. The molecule has 1 aromatic carbocycles. The summed E-state index contributed by atoms with van der Waals surface area (Å²) in [5.41, 5.74) is 3.46. The van der Waals surface area contributed by atoms with Crippen molar-refractivity contribution in [1.82, 2.24) is 5.32 Å². The number of hydrogen-bond acceptors (Lipinski definition) is 5. The molecule has 1 unspecified atom stereocenters. The maximum atomic E-state index is 12.5. The van der Waals surface area contributed by atoms with Crippen LogP contribution < -0.4 is 5.32 Å². The van der Waals surface area contributed by atoms with Gasteiger partial charge in [0.25, 0.3) is 5.91 Å². The Hall–Kier alpha value is -2.89. The van der Waals surface area contributed by atoms with Crippen LogP contribution in [0, 0.1) is 20.8 Å². The van der Waals surface area contributed by atoms with Crippen molar-refractivity contribution in [2.24, 2.45) is 0 Å². The molecule has 0 saturated heterocycles. The zero-order valence-corrected chi connectivity index (χ0v) is 14.7. The molecule has 0 aliphatic carbocycles. The summed E-state index contributed by atoms with van der Waals surface area (Å²) in [7, 11) is 0. The molecule has 6 heteroatoms. The van der Waals surface area contributed by atoms with Crippen LogP contribution in [-0.2, 0) is 9.53 Å². The molecule has 1 aromatic heterocycles. The Bertz CT molecular complexity index is 792. The van der Waals surface area contributed by atoms with Crippen LogP contribution in [0.4, 0.5) is 0 Å². The molecule has 2 aromatic rings. The molecule has 6 nitrogen and oxygen atoms in total. The fourth-order valence-corrected chi connectivity index (χ4v) is 2.38. The van der Waals surface area contributed by atoms with Gasteiger partial charge in [0.2, 0.25) is 5.78 Å². The molecule has 0 radical (unpaired) electrons. The number of ketones is 1. The number of carbonyl (C=O) groups is 3. The lowest BCUT2D eigenvalue weighted by atomic mass is 9.96. The zero-order valence-electron chi connectivity index (χ0n) is 14.7. The van der Waals surface area contributed by atoms with Gasteiger partial charge in [-0.15, -0.1) is 0 Å². The number of rotatable bonds is 6.